The van der Waals surface area contributed by atoms with E-state index in [1.807, 2.05) is 30.0 Å². The van der Waals surface area contributed by atoms with E-state index in [1.165, 1.54) is 5.56 Å². The van der Waals surface area contributed by atoms with E-state index < -0.39 is 6.29 Å². The molecule has 4 heterocycles. The van der Waals surface area contributed by atoms with Gasteiger partial charge in [-0.25, -0.2) is 0 Å². The van der Waals surface area contributed by atoms with Crippen LogP contribution in [0.1, 0.15) is 36.8 Å². The highest BCUT2D eigenvalue weighted by molar-refractivity contribution is 7.08. The minimum atomic E-state index is -0.511. The first kappa shape index (κ1) is 25.1. The minimum Gasteiger partial charge on any atom is -0.459 e. The van der Waals surface area contributed by atoms with Crippen molar-refractivity contribution in [3.63, 3.8) is 0 Å². The number of hydrogen-bond donors (Lipinski definition) is 1. The van der Waals surface area contributed by atoms with Crippen molar-refractivity contribution < 1.29 is 28.8 Å². The zero-order chi connectivity index (χ0) is 24.9. The Labute approximate surface area is 216 Å². The standard InChI is InChI=1S/C27H34N2O6S/c1-2-32-27-21(4-3-12-30)22(20-7-13-36-17-20)15-25(35-27)26(31)29-10-8-28(9-11-29)16-19-5-6-23-24(14-19)34-18-33-23/h5-7,13-15,17,21-22,27,30H,2-4,8-12,16,18H2,1H3/t21-,22-,27-/m1/s1. The third-order valence-electron chi connectivity index (χ3n) is 7.05. The van der Waals surface area contributed by atoms with Crippen LogP contribution in [0.3, 0.4) is 0 Å². The van der Waals surface area contributed by atoms with Gasteiger partial charge in [-0.1, -0.05) is 6.07 Å². The van der Waals surface area contributed by atoms with Gasteiger partial charge in [-0.3, -0.25) is 9.69 Å². The molecule has 2 aromatic rings. The van der Waals surface area contributed by atoms with Crippen LogP contribution in [0.4, 0.5) is 0 Å². The van der Waals surface area contributed by atoms with Crippen LogP contribution in [0.25, 0.3) is 0 Å². The topological polar surface area (TPSA) is 80.7 Å². The van der Waals surface area contributed by atoms with Gasteiger partial charge < -0.3 is 29.0 Å². The molecule has 1 aromatic heterocycles. The molecule has 1 amide bonds. The fourth-order valence-electron chi connectivity index (χ4n) is 5.16. The normalized spacial score (nSPS) is 23.9. The Morgan fingerprint density at radius 3 is 2.75 bits per heavy atom. The number of aliphatic hydroxyl groups is 1. The van der Waals surface area contributed by atoms with Crippen LogP contribution in [0.5, 0.6) is 11.5 Å². The molecule has 0 aliphatic carbocycles. The molecule has 8 nitrogen and oxygen atoms in total. The molecule has 1 aromatic carbocycles. The van der Waals surface area contributed by atoms with Gasteiger partial charge in [0.05, 0.1) is 0 Å². The predicted molar refractivity (Wildman–Crippen MR) is 136 cm³/mol. The fraction of sp³-hybridized carbons (Fsp3) is 0.519. The van der Waals surface area contributed by atoms with Crippen molar-refractivity contribution >= 4 is 17.2 Å². The highest BCUT2D eigenvalue weighted by Crippen LogP contribution is 2.40. The number of thiophene rings is 1. The zero-order valence-electron chi connectivity index (χ0n) is 20.6. The number of allylic oxidation sites excluding steroid dienone is 1. The molecule has 0 saturated carbocycles. The van der Waals surface area contributed by atoms with Crippen molar-refractivity contribution in [2.75, 3.05) is 46.2 Å². The molecule has 5 rings (SSSR count). The van der Waals surface area contributed by atoms with Crippen LogP contribution in [-0.2, 0) is 20.8 Å². The number of piperazine rings is 1. The lowest BCUT2D eigenvalue weighted by Crippen LogP contribution is -2.49. The Hall–Kier alpha value is -2.59. The van der Waals surface area contributed by atoms with Crippen molar-refractivity contribution in [2.45, 2.75) is 38.5 Å². The molecule has 3 aliphatic rings. The number of rotatable bonds is 9. The largest absolute Gasteiger partial charge is 0.459 e. The van der Waals surface area contributed by atoms with Crippen molar-refractivity contribution in [1.82, 2.24) is 9.80 Å². The second-order valence-electron chi connectivity index (χ2n) is 9.34. The highest BCUT2D eigenvalue weighted by atomic mass is 32.1. The summed E-state index contributed by atoms with van der Waals surface area (Å²) in [7, 11) is 0. The Balaban J connectivity index is 1.25. The predicted octanol–water partition coefficient (Wildman–Crippen LogP) is 3.57. The molecular weight excluding hydrogens is 480 g/mol. The first-order valence-electron chi connectivity index (χ1n) is 12.7. The molecule has 194 valence electrons. The van der Waals surface area contributed by atoms with Gasteiger partial charge in [0.25, 0.3) is 5.91 Å². The second-order valence-corrected chi connectivity index (χ2v) is 10.1. The molecule has 1 saturated heterocycles. The molecule has 1 fully saturated rings. The van der Waals surface area contributed by atoms with Gasteiger partial charge in [-0.2, -0.15) is 11.3 Å². The van der Waals surface area contributed by atoms with E-state index in [9.17, 15) is 9.90 Å². The van der Waals surface area contributed by atoms with Gasteiger partial charge in [0.15, 0.2) is 17.3 Å². The van der Waals surface area contributed by atoms with E-state index in [1.54, 1.807) is 11.3 Å². The number of benzene rings is 1. The van der Waals surface area contributed by atoms with Crippen LogP contribution in [-0.4, -0.2) is 73.3 Å². The lowest BCUT2D eigenvalue weighted by atomic mass is 9.81. The number of carbonyl (C=O) groups excluding carboxylic acids is 1. The molecule has 0 bridgehead atoms. The van der Waals surface area contributed by atoms with Gasteiger partial charge in [-0.05, 0) is 65.9 Å². The maximum Gasteiger partial charge on any atom is 0.288 e. The lowest BCUT2D eigenvalue weighted by Gasteiger charge is -2.39. The van der Waals surface area contributed by atoms with Crippen molar-refractivity contribution in [3.8, 4) is 11.5 Å². The van der Waals surface area contributed by atoms with Gasteiger partial charge in [0, 0.05) is 57.8 Å². The molecule has 0 radical (unpaired) electrons. The molecule has 1 N–H and O–H groups in total. The summed E-state index contributed by atoms with van der Waals surface area (Å²) >= 11 is 1.64. The number of aliphatic hydroxyl groups excluding tert-OH is 1. The van der Waals surface area contributed by atoms with E-state index in [2.05, 4.69) is 27.8 Å². The first-order valence-corrected chi connectivity index (χ1v) is 13.6. The quantitative estimate of drug-likeness (QED) is 0.548. The maximum absolute atomic E-state index is 13.5. The smallest absolute Gasteiger partial charge is 0.288 e. The summed E-state index contributed by atoms with van der Waals surface area (Å²) in [6, 6.07) is 8.16. The Bertz CT molecular complexity index is 1050. The fourth-order valence-corrected chi connectivity index (χ4v) is 5.87. The second kappa shape index (κ2) is 11.6. The molecular formula is C27H34N2O6S. The third kappa shape index (κ3) is 5.54. The van der Waals surface area contributed by atoms with Crippen LogP contribution in [0, 0.1) is 5.92 Å². The molecule has 3 aliphatic heterocycles. The number of amides is 1. The Kier molecular flexibility index (Phi) is 8.11. The number of fused-ring (bicyclic) bond motifs is 1. The SMILES string of the molecule is CCO[C@@H]1OC(C(=O)N2CCN(Cc3ccc4c(c3)OCO4)CC2)=C[C@H](c2ccsc2)[C@H]1CCCO. The summed E-state index contributed by atoms with van der Waals surface area (Å²) in [6.45, 7) is 6.49. The molecule has 0 unspecified atom stereocenters. The molecule has 9 heteroatoms. The van der Waals surface area contributed by atoms with Crippen LogP contribution < -0.4 is 9.47 Å². The van der Waals surface area contributed by atoms with E-state index in [0.717, 1.165) is 43.1 Å². The van der Waals surface area contributed by atoms with Crippen molar-refractivity contribution in [1.29, 1.82) is 0 Å². The highest BCUT2D eigenvalue weighted by Gasteiger charge is 2.39. The summed E-state index contributed by atoms with van der Waals surface area (Å²) in [5.74, 6) is 1.93. The molecule has 0 spiro atoms. The number of carbonyl (C=O) groups is 1. The van der Waals surface area contributed by atoms with E-state index in [-0.39, 0.29) is 31.1 Å². The van der Waals surface area contributed by atoms with Crippen LogP contribution in [0.15, 0.2) is 46.9 Å². The van der Waals surface area contributed by atoms with Crippen LogP contribution in [0.2, 0.25) is 0 Å². The Morgan fingerprint density at radius 2 is 2.00 bits per heavy atom. The molecule has 36 heavy (non-hydrogen) atoms. The first-order chi connectivity index (χ1) is 17.7. The van der Waals surface area contributed by atoms with E-state index in [4.69, 9.17) is 18.9 Å². The number of ether oxygens (including phenoxy) is 4. The monoisotopic (exact) mass is 514 g/mol. The number of nitrogens with zero attached hydrogens (tertiary/aromatic N) is 2. The average molecular weight is 515 g/mol. The van der Waals surface area contributed by atoms with E-state index >= 15 is 0 Å². The summed E-state index contributed by atoms with van der Waals surface area (Å²) in [5.41, 5.74) is 2.33. The number of hydrogen-bond acceptors (Lipinski definition) is 8. The summed E-state index contributed by atoms with van der Waals surface area (Å²) in [4.78, 5) is 17.7. The van der Waals surface area contributed by atoms with E-state index in [0.29, 0.717) is 31.9 Å². The molecule has 3 atom stereocenters. The zero-order valence-corrected chi connectivity index (χ0v) is 21.5. The summed E-state index contributed by atoms with van der Waals surface area (Å²) in [5, 5.41) is 13.6. The maximum atomic E-state index is 13.5. The van der Waals surface area contributed by atoms with Crippen LogP contribution >= 0.6 is 11.3 Å². The van der Waals surface area contributed by atoms with Crippen molar-refractivity contribution in [2.24, 2.45) is 5.92 Å². The van der Waals surface area contributed by atoms with Gasteiger partial charge in [0.2, 0.25) is 13.1 Å². The third-order valence-corrected chi connectivity index (χ3v) is 7.75. The van der Waals surface area contributed by atoms with Crippen molar-refractivity contribution in [3.05, 3.63) is 58.0 Å². The van der Waals surface area contributed by atoms with Gasteiger partial charge in [-0.15, -0.1) is 0 Å². The summed E-state index contributed by atoms with van der Waals surface area (Å²) < 4.78 is 23.0. The lowest BCUT2D eigenvalue weighted by molar-refractivity contribution is -0.171. The average Bonchev–Trinajstić information content (AvgIpc) is 3.60. The Morgan fingerprint density at radius 1 is 1.17 bits per heavy atom. The van der Waals surface area contributed by atoms with Gasteiger partial charge in [0.1, 0.15) is 0 Å². The minimum absolute atomic E-state index is 0.0133. The summed E-state index contributed by atoms with van der Waals surface area (Å²) in [6.07, 6.45) is 2.89. The van der Waals surface area contributed by atoms with Gasteiger partial charge >= 0.3 is 0 Å².